The molecule has 26 heavy (non-hydrogen) atoms. The minimum Gasteiger partial charge on any atom is -0.406 e. The van der Waals surface area contributed by atoms with E-state index in [1.54, 1.807) is 6.07 Å². The van der Waals surface area contributed by atoms with Crippen LogP contribution in [0.3, 0.4) is 0 Å². The lowest BCUT2D eigenvalue weighted by atomic mass is 10.1. The predicted octanol–water partition coefficient (Wildman–Crippen LogP) is 1.07. The molecular weight excluding hydrogens is 357 g/mol. The average molecular weight is 364 g/mol. The van der Waals surface area contributed by atoms with Crippen LogP contribution in [0.2, 0.25) is 0 Å². The number of hydrogen-bond donors (Lipinski definition) is 2. The third-order valence-electron chi connectivity index (χ3n) is 3.52. The van der Waals surface area contributed by atoms with Crippen molar-refractivity contribution in [2.75, 3.05) is 5.73 Å². The number of nitrogens with one attached hydrogen (secondary N) is 1. The first-order valence-corrected chi connectivity index (χ1v) is 6.84. The zero-order valence-electron chi connectivity index (χ0n) is 12.5. The molecule has 2 heterocycles. The van der Waals surface area contributed by atoms with Gasteiger partial charge in [0, 0.05) is 12.1 Å². The Bertz CT molecular complexity index is 1070. The van der Waals surface area contributed by atoms with Crippen molar-refractivity contribution in [2.45, 2.75) is 6.36 Å². The van der Waals surface area contributed by atoms with Crippen LogP contribution in [0.15, 0.2) is 29.1 Å². The lowest BCUT2D eigenvalue weighted by Gasteiger charge is -2.15. The van der Waals surface area contributed by atoms with E-state index >= 15 is 0 Å². The van der Waals surface area contributed by atoms with E-state index in [0.29, 0.717) is 4.57 Å². The summed E-state index contributed by atoms with van der Waals surface area (Å²) in [5, 5.41) is 11.1. The van der Waals surface area contributed by atoms with Crippen LogP contribution in [0, 0.1) is 11.3 Å². The molecule has 132 valence electrons. The minimum atomic E-state index is -4.99. The SMILES string of the molecule is N#Cc1ccc(OC(F)(F)F)cc1-n1c(N)c2c(cc1=O)C(=O)NC2=O. The van der Waals surface area contributed by atoms with Crippen LogP contribution in [0.1, 0.15) is 26.3 Å². The number of hydrogen-bond acceptors (Lipinski definition) is 6. The van der Waals surface area contributed by atoms with E-state index in [2.05, 4.69) is 4.74 Å². The van der Waals surface area contributed by atoms with Gasteiger partial charge < -0.3 is 10.5 Å². The zero-order valence-corrected chi connectivity index (χ0v) is 12.5. The quantitative estimate of drug-likeness (QED) is 0.768. The highest BCUT2D eigenvalue weighted by molar-refractivity contribution is 6.23. The number of fused-ring (bicyclic) bond motifs is 1. The minimum absolute atomic E-state index is 0.196. The standard InChI is InChI=1S/C15H7F3N4O4/c16-15(17,18)26-7-2-1-6(5-19)9(3-7)22-10(23)4-8-11(12(22)20)14(25)21-13(8)24/h1-4H,20H2,(H,21,24,25). The van der Waals surface area contributed by atoms with Gasteiger partial charge in [-0.05, 0) is 12.1 Å². The second-order valence-electron chi connectivity index (χ2n) is 5.11. The molecule has 0 radical (unpaired) electrons. The molecule has 0 fully saturated rings. The molecule has 3 N–H and O–H groups in total. The normalized spacial score (nSPS) is 13.2. The number of aromatic nitrogens is 1. The fraction of sp³-hybridized carbons (Fsp3) is 0.0667. The van der Waals surface area contributed by atoms with E-state index in [4.69, 9.17) is 11.0 Å². The number of anilines is 1. The number of nitrogens with two attached hydrogens (primary N) is 1. The summed E-state index contributed by atoms with van der Waals surface area (Å²) < 4.78 is 41.7. The van der Waals surface area contributed by atoms with Crippen molar-refractivity contribution in [1.29, 1.82) is 5.26 Å². The van der Waals surface area contributed by atoms with Gasteiger partial charge in [0.1, 0.15) is 17.6 Å². The van der Waals surface area contributed by atoms with Crippen LogP contribution in [0.4, 0.5) is 19.0 Å². The molecule has 1 aromatic carbocycles. The maximum Gasteiger partial charge on any atom is 0.573 e. The number of nitrogen functional groups attached to an aromatic ring is 1. The second-order valence-corrected chi connectivity index (χ2v) is 5.11. The lowest BCUT2D eigenvalue weighted by molar-refractivity contribution is -0.274. The number of benzene rings is 1. The van der Waals surface area contributed by atoms with Gasteiger partial charge in [0.15, 0.2) is 0 Å². The predicted molar refractivity (Wildman–Crippen MR) is 79.6 cm³/mol. The Labute approximate surface area is 142 Å². The van der Waals surface area contributed by atoms with Crippen molar-refractivity contribution in [2.24, 2.45) is 0 Å². The molecule has 0 aliphatic carbocycles. The van der Waals surface area contributed by atoms with E-state index in [1.807, 2.05) is 5.32 Å². The van der Waals surface area contributed by atoms with E-state index in [-0.39, 0.29) is 22.4 Å². The molecule has 2 aromatic rings. The van der Waals surface area contributed by atoms with E-state index in [9.17, 15) is 27.6 Å². The molecule has 1 aliphatic heterocycles. The van der Waals surface area contributed by atoms with Gasteiger partial charge in [-0.25, -0.2) is 0 Å². The first kappa shape index (κ1) is 17.0. The number of imide groups is 1. The summed E-state index contributed by atoms with van der Waals surface area (Å²) in [4.78, 5) is 35.8. The first-order chi connectivity index (χ1) is 12.1. The summed E-state index contributed by atoms with van der Waals surface area (Å²) in [7, 11) is 0. The molecule has 0 saturated heterocycles. The number of carbonyl (C=O) groups excluding carboxylic acids is 2. The Morgan fingerprint density at radius 2 is 1.85 bits per heavy atom. The van der Waals surface area contributed by atoms with Gasteiger partial charge in [0.05, 0.1) is 22.4 Å². The molecule has 2 amide bonds. The van der Waals surface area contributed by atoms with Crippen LogP contribution in [0.5, 0.6) is 5.75 Å². The third-order valence-corrected chi connectivity index (χ3v) is 3.52. The van der Waals surface area contributed by atoms with Crippen LogP contribution >= 0.6 is 0 Å². The highest BCUT2D eigenvalue weighted by atomic mass is 19.4. The number of pyridine rings is 1. The third kappa shape index (κ3) is 2.73. The van der Waals surface area contributed by atoms with Crippen LogP contribution in [-0.4, -0.2) is 22.7 Å². The fourth-order valence-electron chi connectivity index (χ4n) is 2.52. The Kier molecular flexibility index (Phi) is 3.68. The van der Waals surface area contributed by atoms with E-state index in [1.165, 1.54) is 0 Å². The number of halogens is 3. The maximum absolute atomic E-state index is 12.4. The summed E-state index contributed by atoms with van der Waals surface area (Å²) in [5.74, 6) is -2.87. The van der Waals surface area contributed by atoms with Gasteiger partial charge in [-0.3, -0.25) is 24.3 Å². The molecule has 3 rings (SSSR count). The van der Waals surface area contributed by atoms with Gasteiger partial charge in [0.2, 0.25) is 0 Å². The van der Waals surface area contributed by atoms with Crippen molar-refractivity contribution in [1.82, 2.24) is 9.88 Å². The van der Waals surface area contributed by atoms with Crippen LogP contribution in [-0.2, 0) is 0 Å². The summed E-state index contributed by atoms with van der Waals surface area (Å²) in [6.07, 6.45) is -4.99. The number of alkyl halides is 3. The Hall–Kier alpha value is -3.81. The van der Waals surface area contributed by atoms with Gasteiger partial charge in [-0.15, -0.1) is 13.2 Å². The Morgan fingerprint density at radius 1 is 1.15 bits per heavy atom. The fourth-order valence-corrected chi connectivity index (χ4v) is 2.52. The molecule has 8 nitrogen and oxygen atoms in total. The van der Waals surface area contributed by atoms with Gasteiger partial charge in [-0.1, -0.05) is 0 Å². The number of ether oxygens (including phenoxy) is 1. The van der Waals surface area contributed by atoms with Gasteiger partial charge in [-0.2, -0.15) is 5.26 Å². The number of nitrogens with zero attached hydrogens (tertiary/aromatic N) is 2. The highest BCUT2D eigenvalue weighted by Crippen LogP contribution is 2.29. The van der Waals surface area contributed by atoms with E-state index < -0.39 is 35.3 Å². The van der Waals surface area contributed by atoms with E-state index in [0.717, 1.165) is 24.3 Å². The molecular formula is C15H7F3N4O4. The highest BCUT2D eigenvalue weighted by Gasteiger charge is 2.33. The second kappa shape index (κ2) is 5.62. The number of carbonyl (C=O) groups is 2. The zero-order chi connectivity index (χ0) is 19.2. The number of nitriles is 1. The average Bonchev–Trinajstić information content (AvgIpc) is 2.80. The lowest BCUT2D eigenvalue weighted by Crippen LogP contribution is -2.25. The van der Waals surface area contributed by atoms with Crippen molar-refractivity contribution in [3.8, 4) is 17.5 Å². The molecule has 0 saturated carbocycles. The molecule has 1 aromatic heterocycles. The summed E-state index contributed by atoms with van der Waals surface area (Å²) >= 11 is 0. The van der Waals surface area contributed by atoms with Crippen LogP contribution < -0.4 is 21.3 Å². The molecule has 0 spiro atoms. The molecule has 11 heteroatoms. The topological polar surface area (TPSA) is 127 Å². The maximum atomic E-state index is 12.4. The molecule has 0 unspecified atom stereocenters. The molecule has 0 bridgehead atoms. The smallest absolute Gasteiger partial charge is 0.406 e. The molecule has 0 atom stereocenters. The number of rotatable bonds is 2. The molecule has 1 aliphatic rings. The number of amides is 2. The van der Waals surface area contributed by atoms with Crippen molar-refractivity contribution in [3.05, 3.63) is 51.3 Å². The van der Waals surface area contributed by atoms with Crippen molar-refractivity contribution >= 4 is 17.6 Å². The van der Waals surface area contributed by atoms with Gasteiger partial charge >= 0.3 is 6.36 Å². The Morgan fingerprint density at radius 3 is 2.46 bits per heavy atom. The van der Waals surface area contributed by atoms with Crippen molar-refractivity contribution < 1.29 is 27.5 Å². The van der Waals surface area contributed by atoms with Gasteiger partial charge in [0.25, 0.3) is 17.4 Å². The summed E-state index contributed by atoms with van der Waals surface area (Å²) in [6.45, 7) is 0. The first-order valence-electron chi connectivity index (χ1n) is 6.84. The van der Waals surface area contributed by atoms with Crippen molar-refractivity contribution in [3.63, 3.8) is 0 Å². The largest absolute Gasteiger partial charge is 0.573 e. The summed E-state index contributed by atoms with van der Waals surface area (Å²) in [5.41, 5.74) is 3.81. The van der Waals surface area contributed by atoms with Crippen LogP contribution in [0.25, 0.3) is 5.69 Å². The Balaban J connectivity index is 2.28. The monoisotopic (exact) mass is 364 g/mol. The summed E-state index contributed by atoms with van der Waals surface area (Å²) in [6, 6.07) is 5.19.